The van der Waals surface area contributed by atoms with E-state index in [2.05, 4.69) is 20.3 Å². The van der Waals surface area contributed by atoms with Gasteiger partial charge in [0.05, 0.1) is 30.7 Å². The third-order valence-electron chi connectivity index (χ3n) is 3.91. The van der Waals surface area contributed by atoms with E-state index in [4.69, 9.17) is 4.42 Å². The van der Waals surface area contributed by atoms with Crippen LogP contribution in [0.2, 0.25) is 0 Å². The molecule has 0 radical (unpaired) electrons. The number of carbonyl (C=O) groups is 1. The summed E-state index contributed by atoms with van der Waals surface area (Å²) in [4.78, 5) is 25.6. The molecule has 0 bridgehead atoms. The van der Waals surface area contributed by atoms with E-state index >= 15 is 0 Å². The van der Waals surface area contributed by atoms with Crippen molar-refractivity contribution >= 4 is 6.03 Å². The highest BCUT2D eigenvalue weighted by Gasteiger charge is 2.13. The van der Waals surface area contributed by atoms with Gasteiger partial charge in [-0.2, -0.15) is 0 Å². The number of aromatic amines is 1. The fourth-order valence-electron chi connectivity index (χ4n) is 2.40. The number of imidazole rings is 1. The predicted molar refractivity (Wildman–Crippen MR) is 93.7 cm³/mol. The van der Waals surface area contributed by atoms with Crippen LogP contribution in [0.3, 0.4) is 0 Å². The van der Waals surface area contributed by atoms with Crippen molar-refractivity contribution < 1.29 is 9.21 Å². The maximum absolute atomic E-state index is 12.2. The van der Waals surface area contributed by atoms with Crippen LogP contribution < -0.4 is 5.32 Å². The number of nitrogens with zero attached hydrogens (tertiary/aromatic N) is 3. The molecule has 3 rings (SSSR count). The molecular formula is C18H21N5O2. The number of H-pyrrole nitrogens is 1. The van der Waals surface area contributed by atoms with Gasteiger partial charge in [-0.3, -0.25) is 0 Å². The molecule has 0 saturated carbocycles. The third-order valence-corrected chi connectivity index (χ3v) is 3.91. The van der Waals surface area contributed by atoms with E-state index in [0.29, 0.717) is 12.4 Å². The molecule has 1 aromatic carbocycles. The first-order valence-corrected chi connectivity index (χ1v) is 8.04. The van der Waals surface area contributed by atoms with E-state index in [1.54, 1.807) is 18.1 Å². The Morgan fingerprint density at radius 1 is 1.28 bits per heavy atom. The Morgan fingerprint density at radius 3 is 2.72 bits per heavy atom. The maximum atomic E-state index is 12.2. The molecule has 0 unspecified atom stereocenters. The van der Waals surface area contributed by atoms with E-state index in [1.807, 2.05) is 44.2 Å². The van der Waals surface area contributed by atoms with Crippen molar-refractivity contribution in [3.05, 3.63) is 59.7 Å². The number of oxazole rings is 1. The molecule has 0 saturated heterocycles. The Balaban J connectivity index is 1.55. The molecule has 7 heteroatoms. The Hall–Kier alpha value is -3.09. The quantitative estimate of drug-likeness (QED) is 0.748. The van der Waals surface area contributed by atoms with Gasteiger partial charge in [-0.15, -0.1) is 0 Å². The first-order chi connectivity index (χ1) is 12.0. The van der Waals surface area contributed by atoms with Crippen molar-refractivity contribution in [2.75, 3.05) is 7.05 Å². The van der Waals surface area contributed by atoms with Crippen LogP contribution in [-0.2, 0) is 13.1 Å². The second-order valence-electron chi connectivity index (χ2n) is 5.87. The van der Waals surface area contributed by atoms with Crippen molar-refractivity contribution in [1.29, 1.82) is 0 Å². The van der Waals surface area contributed by atoms with Gasteiger partial charge in [0.1, 0.15) is 11.6 Å². The summed E-state index contributed by atoms with van der Waals surface area (Å²) in [6.45, 7) is 4.35. The average Bonchev–Trinajstić information content (AvgIpc) is 3.20. The van der Waals surface area contributed by atoms with E-state index in [9.17, 15) is 4.79 Å². The highest BCUT2D eigenvalue weighted by molar-refractivity contribution is 5.73. The van der Waals surface area contributed by atoms with Crippen molar-refractivity contribution in [3.63, 3.8) is 0 Å². The largest absolute Gasteiger partial charge is 0.444 e. The van der Waals surface area contributed by atoms with Crippen LogP contribution >= 0.6 is 0 Å². The van der Waals surface area contributed by atoms with Gasteiger partial charge in [0.25, 0.3) is 0 Å². The lowest BCUT2D eigenvalue weighted by molar-refractivity contribution is 0.204. The molecule has 2 heterocycles. The molecule has 25 heavy (non-hydrogen) atoms. The topological polar surface area (TPSA) is 87.0 Å². The van der Waals surface area contributed by atoms with Crippen LogP contribution in [0.5, 0.6) is 0 Å². The van der Waals surface area contributed by atoms with Gasteiger partial charge < -0.3 is 19.6 Å². The molecule has 7 nitrogen and oxygen atoms in total. The van der Waals surface area contributed by atoms with Gasteiger partial charge in [-0.1, -0.05) is 30.3 Å². The average molecular weight is 339 g/mol. The standard InChI is InChI=1S/C18H21N5O2/c1-12-13(2)25-17(21-12)10-20-18(24)23(3)11-16-19-9-15(22-16)14-7-5-4-6-8-14/h4-9H,10-11H2,1-3H3,(H,19,22)(H,20,24). The van der Waals surface area contributed by atoms with Gasteiger partial charge in [0.15, 0.2) is 0 Å². The van der Waals surface area contributed by atoms with E-state index < -0.39 is 0 Å². The SMILES string of the molecule is Cc1nc(CNC(=O)N(C)Cc2ncc(-c3ccccc3)[nH]2)oc1C. The van der Waals surface area contributed by atoms with Crippen LogP contribution in [-0.4, -0.2) is 32.9 Å². The number of hydrogen-bond acceptors (Lipinski definition) is 4. The second kappa shape index (κ2) is 7.21. The van der Waals surface area contributed by atoms with Crippen molar-refractivity contribution in [2.24, 2.45) is 0 Å². The monoisotopic (exact) mass is 339 g/mol. The van der Waals surface area contributed by atoms with Gasteiger partial charge in [-0.25, -0.2) is 14.8 Å². The summed E-state index contributed by atoms with van der Waals surface area (Å²) in [6.07, 6.45) is 1.77. The number of rotatable bonds is 5. The predicted octanol–water partition coefficient (Wildman–Crippen LogP) is 3.02. The first-order valence-electron chi connectivity index (χ1n) is 8.04. The lowest BCUT2D eigenvalue weighted by atomic mass is 10.2. The molecular weight excluding hydrogens is 318 g/mol. The summed E-state index contributed by atoms with van der Waals surface area (Å²) in [5.74, 6) is 1.99. The molecule has 0 aliphatic rings. The minimum Gasteiger partial charge on any atom is -0.444 e. The Morgan fingerprint density at radius 2 is 2.04 bits per heavy atom. The molecule has 2 N–H and O–H groups in total. The zero-order chi connectivity index (χ0) is 17.8. The van der Waals surface area contributed by atoms with Crippen LogP contribution in [0.4, 0.5) is 4.79 Å². The first kappa shape index (κ1) is 16.8. The number of aryl methyl sites for hydroxylation is 2. The van der Waals surface area contributed by atoms with E-state index in [-0.39, 0.29) is 12.6 Å². The van der Waals surface area contributed by atoms with Crippen molar-refractivity contribution in [1.82, 2.24) is 25.2 Å². The van der Waals surface area contributed by atoms with Gasteiger partial charge in [0.2, 0.25) is 5.89 Å². The summed E-state index contributed by atoms with van der Waals surface area (Å²) in [5, 5.41) is 2.79. The lowest BCUT2D eigenvalue weighted by Gasteiger charge is -2.15. The number of amides is 2. The summed E-state index contributed by atoms with van der Waals surface area (Å²) in [7, 11) is 1.71. The zero-order valence-corrected chi connectivity index (χ0v) is 14.5. The summed E-state index contributed by atoms with van der Waals surface area (Å²) >= 11 is 0. The minimum atomic E-state index is -0.217. The van der Waals surface area contributed by atoms with Crippen molar-refractivity contribution in [3.8, 4) is 11.3 Å². The van der Waals surface area contributed by atoms with Gasteiger partial charge in [-0.05, 0) is 19.4 Å². The smallest absolute Gasteiger partial charge is 0.317 e. The molecule has 0 aliphatic heterocycles. The normalized spacial score (nSPS) is 10.7. The Labute approximate surface area is 146 Å². The number of urea groups is 1. The molecule has 2 amide bonds. The number of hydrogen-bond donors (Lipinski definition) is 2. The van der Waals surface area contributed by atoms with Crippen LogP contribution in [0.15, 0.2) is 40.9 Å². The van der Waals surface area contributed by atoms with Crippen LogP contribution in [0.1, 0.15) is 23.2 Å². The molecule has 0 fully saturated rings. The highest BCUT2D eigenvalue weighted by Crippen LogP contribution is 2.16. The van der Waals surface area contributed by atoms with Gasteiger partial charge >= 0.3 is 6.03 Å². The van der Waals surface area contributed by atoms with E-state index in [1.165, 1.54) is 0 Å². The number of benzene rings is 1. The third kappa shape index (κ3) is 4.06. The second-order valence-corrected chi connectivity index (χ2v) is 5.87. The fourth-order valence-corrected chi connectivity index (χ4v) is 2.40. The highest BCUT2D eigenvalue weighted by atomic mass is 16.4. The maximum Gasteiger partial charge on any atom is 0.317 e. The molecule has 0 atom stereocenters. The Bertz CT molecular complexity index is 834. The molecule has 130 valence electrons. The number of nitrogens with one attached hydrogen (secondary N) is 2. The molecule has 3 aromatic rings. The molecule has 2 aromatic heterocycles. The minimum absolute atomic E-state index is 0.217. The lowest BCUT2D eigenvalue weighted by Crippen LogP contribution is -2.36. The van der Waals surface area contributed by atoms with Crippen LogP contribution in [0.25, 0.3) is 11.3 Å². The van der Waals surface area contributed by atoms with Crippen molar-refractivity contribution in [2.45, 2.75) is 26.9 Å². The summed E-state index contributed by atoms with van der Waals surface area (Å²) < 4.78 is 5.45. The fraction of sp³-hybridized carbons (Fsp3) is 0.278. The molecule has 0 aliphatic carbocycles. The molecule has 0 spiro atoms. The summed E-state index contributed by atoms with van der Waals surface area (Å²) in [5.41, 5.74) is 2.82. The zero-order valence-electron chi connectivity index (χ0n) is 14.5. The van der Waals surface area contributed by atoms with Gasteiger partial charge in [0, 0.05) is 7.05 Å². The number of carbonyl (C=O) groups excluding carboxylic acids is 1. The van der Waals surface area contributed by atoms with E-state index in [0.717, 1.165) is 28.5 Å². The number of aromatic nitrogens is 3. The van der Waals surface area contributed by atoms with Crippen LogP contribution in [0, 0.1) is 13.8 Å². The summed E-state index contributed by atoms with van der Waals surface area (Å²) in [6, 6.07) is 9.71. The Kier molecular flexibility index (Phi) is 4.83.